The molecule has 5 heteroatoms. The molecule has 2 atom stereocenters. The van der Waals surface area contributed by atoms with Gasteiger partial charge in [0.15, 0.2) is 0 Å². The average Bonchev–Trinajstić information content (AvgIpc) is 2.77. The smallest absolute Gasteiger partial charge is 0.319 e. The number of carbonyl (C=O) groups excluding carboxylic acids is 1. The van der Waals surface area contributed by atoms with Crippen molar-refractivity contribution in [3.63, 3.8) is 0 Å². The Morgan fingerprint density at radius 2 is 2.11 bits per heavy atom. The number of hydrogen-bond donors (Lipinski definition) is 3. The van der Waals surface area contributed by atoms with Crippen LogP contribution >= 0.6 is 0 Å². The van der Waals surface area contributed by atoms with Crippen LogP contribution in [0.5, 0.6) is 0 Å². The lowest BCUT2D eigenvalue weighted by molar-refractivity contribution is -0.141. The Hall–Kier alpha value is -2.04. The Morgan fingerprint density at radius 1 is 1.32 bits per heavy atom. The van der Waals surface area contributed by atoms with Crippen molar-refractivity contribution >= 4 is 17.7 Å². The number of carboxylic acid groups (broad SMARTS) is 1. The lowest BCUT2D eigenvalue weighted by atomic mass is 10.1. The molecule has 1 fully saturated rings. The number of benzene rings is 1. The number of rotatable bonds is 3. The van der Waals surface area contributed by atoms with Crippen molar-refractivity contribution in [1.29, 1.82) is 0 Å². The maximum absolute atomic E-state index is 11.8. The third-order valence-electron chi connectivity index (χ3n) is 3.39. The van der Waals surface area contributed by atoms with Crippen molar-refractivity contribution in [3.8, 4) is 0 Å². The fraction of sp³-hybridized carbons (Fsp3) is 0.429. The van der Waals surface area contributed by atoms with Crippen LogP contribution in [0.4, 0.5) is 10.5 Å². The maximum atomic E-state index is 11.8. The van der Waals surface area contributed by atoms with Gasteiger partial charge in [0.2, 0.25) is 0 Å². The zero-order valence-corrected chi connectivity index (χ0v) is 10.8. The van der Waals surface area contributed by atoms with Gasteiger partial charge in [-0.15, -0.1) is 0 Å². The summed E-state index contributed by atoms with van der Waals surface area (Å²) < 4.78 is 0. The second-order valence-electron chi connectivity index (χ2n) is 5.01. The van der Waals surface area contributed by atoms with Crippen molar-refractivity contribution in [2.45, 2.75) is 32.2 Å². The van der Waals surface area contributed by atoms with Crippen molar-refractivity contribution in [2.24, 2.45) is 5.92 Å². The van der Waals surface area contributed by atoms with Crippen LogP contribution in [0.15, 0.2) is 24.3 Å². The van der Waals surface area contributed by atoms with Crippen LogP contribution in [0.2, 0.25) is 0 Å². The molecule has 0 heterocycles. The second-order valence-corrected chi connectivity index (χ2v) is 5.01. The van der Waals surface area contributed by atoms with E-state index in [2.05, 4.69) is 10.6 Å². The Kier molecular flexibility index (Phi) is 4.04. The molecule has 102 valence electrons. The van der Waals surface area contributed by atoms with Gasteiger partial charge in [-0.05, 0) is 43.9 Å². The SMILES string of the molecule is Cc1cccc(NC(=O)NC2CCC(C(=O)O)C2)c1. The first kappa shape index (κ1) is 13.4. The molecule has 1 aromatic rings. The van der Waals surface area contributed by atoms with E-state index in [-0.39, 0.29) is 18.0 Å². The molecule has 1 saturated carbocycles. The van der Waals surface area contributed by atoms with Crippen LogP contribution in [-0.2, 0) is 4.79 Å². The predicted molar refractivity (Wildman–Crippen MR) is 72.1 cm³/mol. The Morgan fingerprint density at radius 3 is 2.74 bits per heavy atom. The highest BCUT2D eigenvalue weighted by Crippen LogP contribution is 2.25. The number of hydrogen-bond acceptors (Lipinski definition) is 2. The minimum atomic E-state index is -0.775. The zero-order chi connectivity index (χ0) is 13.8. The van der Waals surface area contributed by atoms with Gasteiger partial charge in [0.05, 0.1) is 5.92 Å². The van der Waals surface area contributed by atoms with Crippen LogP contribution < -0.4 is 10.6 Å². The van der Waals surface area contributed by atoms with E-state index >= 15 is 0 Å². The van der Waals surface area contributed by atoms with Gasteiger partial charge in [0, 0.05) is 11.7 Å². The van der Waals surface area contributed by atoms with Gasteiger partial charge in [-0.2, -0.15) is 0 Å². The monoisotopic (exact) mass is 262 g/mol. The summed E-state index contributed by atoms with van der Waals surface area (Å²) in [5, 5.41) is 14.5. The number of amides is 2. The topological polar surface area (TPSA) is 78.4 Å². The van der Waals surface area contributed by atoms with Crippen LogP contribution in [0.1, 0.15) is 24.8 Å². The third kappa shape index (κ3) is 3.71. The fourth-order valence-corrected chi connectivity index (χ4v) is 2.41. The van der Waals surface area contributed by atoms with E-state index in [1.54, 1.807) is 0 Å². The molecule has 3 N–H and O–H groups in total. The molecule has 2 amide bonds. The van der Waals surface area contributed by atoms with Gasteiger partial charge < -0.3 is 15.7 Å². The molecule has 19 heavy (non-hydrogen) atoms. The largest absolute Gasteiger partial charge is 0.481 e. The normalized spacial score (nSPS) is 21.9. The first-order valence-corrected chi connectivity index (χ1v) is 6.41. The number of aliphatic carboxylic acids is 1. The van der Waals surface area contributed by atoms with E-state index < -0.39 is 5.97 Å². The molecule has 0 aromatic heterocycles. The minimum absolute atomic E-state index is 0.0501. The van der Waals surface area contributed by atoms with E-state index in [0.717, 1.165) is 17.7 Å². The third-order valence-corrected chi connectivity index (χ3v) is 3.39. The summed E-state index contributed by atoms with van der Waals surface area (Å²) in [5.41, 5.74) is 1.81. The van der Waals surface area contributed by atoms with Gasteiger partial charge in [-0.25, -0.2) is 4.79 Å². The molecular weight excluding hydrogens is 244 g/mol. The van der Waals surface area contributed by atoms with E-state index in [0.29, 0.717) is 12.8 Å². The molecule has 2 unspecified atom stereocenters. The molecule has 2 rings (SSSR count). The molecule has 1 aromatic carbocycles. The first-order chi connectivity index (χ1) is 9.04. The molecule has 0 radical (unpaired) electrons. The summed E-state index contributed by atoms with van der Waals surface area (Å²) in [6.45, 7) is 1.96. The molecule has 0 spiro atoms. The second kappa shape index (κ2) is 5.73. The van der Waals surface area contributed by atoms with E-state index in [9.17, 15) is 9.59 Å². The lowest BCUT2D eigenvalue weighted by Crippen LogP contribution is -2.36. The van der Waals surface area contributed by atoms with Gasteiger partial charge in [0.1, 0.15) is 0 Å². The Balaban J connectivity index is 1.84. The van der Waals surface area contributed by atoms with Crippen molar-refractivity contribution in [3.05, 3.63) is 29.8 Å². The number of carbonyl (C=O) groups is 2. The van der Waals surface area contributed by atoms with Gasteiger partial charge >= 0.3 is 12.0 Å². The Bertz CT molecular complexity index is 487. The standard InChI is InChI=1S/C14H18N2O3/c1-9-3-2-4-11(7-9)15-14(19)16-12-6-5-10(8-12)13(17)18/h2-4,7,10,12H,5-6,8H2,1H3,(H,17,18)(H2,15,16,19). The number of anilines is 1. The van der Waals surface area contributed by atoms with Crippen LogP contribution in [0.3, 0.4) is 0 Å². The molecular formula is C14H18N2O3. The summed E-state index contributed by atoms with van der Waals surface area (Å²) in [7, 11) is 0. The summed E-state index contributed by atoms with van der Waals surface area (Å²) in [6.07, 6.45) is 1.86. The summed E-state index contributed by atoms with van der Waals surface area (Å²) in [4.78, 5) is 22.6. The van der Waals surface area contributed by atoms with E-state index in [4.69, 9.17) is 5.11 Å². The zero-order valence-electron chi connectivity index (χ0n) is 10.8. The van der Waals surface area contributed by atoms with Crippen molar-refractivity contribution in [1.82, 2.24) is 5.32 Å². The summed E-state index contributed by atoms with van der Waals surface area (Å²) in [5.74, 6) is -1.10. The van der Waals surface area contributed by atoms with E-state index in [1.807, 2.05) is 31.2 Å². The predicted octanol–water partition coefficient (Wildman–Crippen LogP) is 2.37. The highest BCUT2D eigenvalue weighted by atomic mass is 16.4. The van der Waals surface area contributed by atoms with Gasteiger partial charge in [-0.3, -0.25) is 4.79 Å². The molecule has 5 nitrogen and oxygen atoms in total. The maximum Gasteiger partial charge on any atom is 0.319 e. The molecule has 0 saturated heterocycles. The number of aryl methyl sites for hydroxylation is 1. The molecule has 0 bridgehead atoms. The molecule has 1 aliphatic carbocycles. The van der Waals surface area contributed by atoms with Crippen LogP contribution in [-0.4, -0.2) is 23.1 Å². The first-order valence-electron chi connectivity index (χ1n) is 6.41. The van der Waals surface area contributed by atoms with Crippen LogP contribution in [0, 0.1) is 12.8 Å². The van der Waals surface area contributed by atoms with Crippen molar-refractivity contribution < 1.29 is 14.7 Å². The number of carboxylic acids is 1. The lowest BCUT2D eigenvalue weighted by Gasteiger charge is -2.13. The van der Waals surface area contributed by atoms with Gasteiger partial charge in [0.25, 0.3) is 0 Å². The average molecular weight is 262 g/mol. The summed E-state index contributed by atoms with van der Waals surface area (Å²) >= 11 is 0. The quantitative estimate of drug-likeness (QED) is 0.782. The fourth-order valence-electron chi connectivity index (χ4n) is 2.41. The van der Waals surface area contributed by atoms with E-state index in [1.165, 1.54) is 0 Å². The number of urea groups is 1. The Labute approximate surface area is 112 Å². The van der Waals surface area contributed by atoms with Gasteiger partial charge in [-0.1, -0.05) is 12.1 Å². The highest BCUT2D eigenvalue weighted by molar-refractivity contribution is 5.89. The molecule has 1 aliphatic rings. The van der Waals surface area contributed by atoms with Crippen molar-refractivity contribution in [2.75, 3.05) is 5.32 Å². The highest BCUT2D eigenvalue weighted by Gasteiger charge is 2.30. The summed E-state index contributed by atoms with van der Waals surface area (Å²) in [6, 6.07) is 7.21. The molecule has 0 aliphatic heterocycles. The number of nitrogens with one attached hydrogen (secondary N) is 2. The van der Waals surface area contributed by atoms with Crippen LogP contribution in [0.25, 0.3) is 0 Å². The minimum Gasteiger partial charge on any atom is -0.481 e.